The highest BCUT2D eigenvalue weighted by atomic mass is 16.2. The molecule has 0 aromatic rings. The van der Waals surface area contributed by atoms with E-state index in [9.17, 15) is 9.59 Å². The number of hydrogen-bond acceptors (Lipinski definition) is 3. The van der Waals surface area contributed by atoms with Crippen LogP contribution >= 0.6 is 0 Å². The summed E-state index contributed by atoms with van der Waals surface area (Å²) in [5, 5.41) is 2.75. The molecule has 0 aliphatic carbocycles. The Labute approximate surface area is 90.6 Å². The third-order valence-corrected chi connectivity index (χ3v) is 2.19. The van der Waals surface area contributed by atoms with Crippen LogP contribution in [0.15, 0.2) is 0 Å². The van der Waals surface area contributed by atoms with Crippen LogP contribution < -0.4 is 16.8 Å². The maximum atomic E-state index is 11.5. The van der Waals surface area contributed by atoms with E-state index in [0.29, 0.717) is 25.9 Å². The molecule has 88 valence electrons. The number of carbonyl (C=O) groups excluding carboxylic acids is 2. The molecule has 5 N–H and O–H groups in total. The summed E-state index contributed by atoms with van der Waals surface area (Å²) in [6, 6.07) is 0. The average molecular weight is 215 g/mol. The van der Waals surface area contributed by atoms with E-state index in [0.717, 1.165) is 12.8 Å². The molecule has 0 bridgehead atoms. The van der Waals surface area contributed by atoms with Gasteiger partial charge in [0.05, 0.1) is 5.92 Å². The van der Waals surface area contributed by atoms with Crippen LogP contribution in [-0.2, 0) is 9.59 Å². The molecule has 5 heteroatoms. The molecular weight excluding hydrogens is 194 g/mol. The van der Waals surface area contributed by atoms with Gasteiger partial charge >= 0.3 is 0 Å². The van der Waals surface area contributed by atoms with E-state index in [-0.39, 0.29) is 17.7 Å². The van der Waals surface area contributed by atoms with E-state index in [1.165, 1.54) is 0 Å². The van der Waals surface area contributed by atoms with Crippen LogP contribution in [0.3, 0.4) is 0 Å². The third kappa shape index (κ3) is 6.90. The van der Waals surface area contributed by atoms with Gasteiger partial charge in [-0.15, -0.1) is 0 Å². The van der Waals surface area contributed by atoms with E-state index >= 15 is 0 Å². The highest BCUT2D eigenvalue weighted by molar-refractivity contribution is 5.79. The summed E-state index contributed by atoms with van der Waals surface area (Å²) >= 11 is 0. The van der Waals surface area contributed by atoms with Gasteiger partial charge in [-0.25, -0.2) is 0 Å². The van der Waals surface area contributed by atoms with E-state index in [1.54, 1.807) is 0 Å². The second-order valence-electron chi connectivity index (χ2n) is 3.58. The Bertz CT molecular complexity index is 207. The van der Waals surface area contributed by atoms with Crippen molar-refractivity contribution < 1.29 is 9.59 Å². The molecule has 0 spiro atoms. The molecule has 0 aromatic heterocycles. The van der Waals surface area contributed by atoms with Crippen molar-refractivity contribution in [3.05, 3.63) is 0 Å². The molecule has 2 amide bonds. The van der Waals surface area contributed by atoms with Crippen LogP contribution in [0.2, 0.25) is 0 Å². The minimum Gasteiger partial charge on any atom is -0.370 e. The van der Waals surface area contributed by atoms with Crippen molar-refractivity contribution in [1.82, 2.24) is 5.32 Å². The Balaban J connectivity index is 3.66. The summed E-state index contributed by atoms with van der Waals surface area (Å²) in [6.45, 7) is 2.88. The Morgan fingerprint density at radius 3 is 2.53 bits per heavy atom. The van der Waals surface area contributed by atoms with Gasteiger partial charge in [0.1, 0.15) is 0 Å². The number of carbonyl (C=O) groups is 2. The number of rotatable bonds is 8. The number of hydrogen-bond donors (Lipinski definition) is 3. The van der Waals surface area contributed by atoms with Crippen molar-refractivity contribution in [2.75, 3.05) is 13.1 Å². The van der Waals surface area contributed by atoms with Crippen molar-refractivity contribution in [2.45, 2.75) is 32.6 Å². The Kier molecular flexibility index (Phi) is 7.62. The van der Waals surface area contributed by atoms with Gasteiger partial charge in [0.25, 0.3) is 0 Å². The monoisotopic (exact) mass is 215 g/mol. The van der Waals surface area contributed by atoms with Gasteiger partial charge in [-0.3, -0.25) is 9.59 Å². The topological polar surface area (TPSA) is 98.2 Å². The van der Waals surface area contributed by atoms with E-state index in [1.807, 2.05) is 6.92 Å². The summed E-state index contributed by atoms with van der Waals surface area (Å²) in [5.74, 6) is -0.472. The molecule has 1 atom stereocenters. The summed E-state index contributed by atoms with van der Waals surface area (Å²) in [5.41, 5.74) is 10.4. The fraction of sp³-hybridized carbons (Fsp3) is 0.800. The van der Waals surface area contributed by atoms with E-state index in [2.05, 4.69) is 5.32 Å². The second kappa shape index (κ2) is 8.23. The first-order valence-electron chi connectivity index (χ1n) is 5.37. The van der Waals surface area contributed by atoms with Crippen molar-refractivity contribution >= 4 is 11.8 Å². The summed E-state index contributed by atoms with van der Waals surface area (Å²) in [6.07, 6.45) is 2.64. The van der Waals surface area contributed by atoms with Crippen molar-refractivity contribution in [3.8, 4) is 0 Å². The number of primary amides is 1. The lowest BCUT2D eigenvalue weighted by atomic mass is 10.0. The van der Waals surface area contributed by atoms with Crippen molar-refractivity contribution in [2.24, 2.45) is 17.4 Å². The van der Waals surface area contributed by atoms with Crippen LogP contribution in [0, 0.1) is 5.92 Å². The molecule has 1 unspecified atom stereocenters. The van der Waals surface area contributed by atoms with Crippen LogP contribution in [0.1, 0.15) is 32.6 Å². The van der Waals surface area contributed by atoms with Gasteiger partial charge in [0, 0.05) is 19.5 Å². The Morgan fingerprint density at radius 1 is 1.40 bits per heavy atom. The molecule has 0 heterocycles. The normalized spacial score (nSPS) is 12.1. The highest BCUT2D eigenvalue weighted by Crippen LogP contribution is 2.04. The Hall–Kier alpha value is -1.10. The van der Waals surface area contributed by atoms with Crippen LogP contribution in [0.4, 0.5) is 0 Å². The third-order valence-electron chi connectivity index (χ3n) is 2.19. The Morgan fingerprint density at radius 2 is 2.07 bits per heavy atom. The van der Waals surface area contributed by atoms with Crippen molar-refractivity contribution in [3.63, 3.8) is 0 Å². The molecule has 0 radical (unpaired) electrons. The fourth-order valence-corrected chi connectivity index (χ4v) is 1.32. The molecule has 0 saturated heterocycles. The molecule has 0 aliphatic heterocycles. The molecule has 5 nitrogen and oxygen atoms in total. The maximum absolute atomic E-state index is 11.5. The van der Waals surface area contributed by atoms with Crippen LogP contribution in [0.5, 0.6) is 0 Å². The predicted octanol–water partition coefficient (Wildman–Crippen LogP) is -0.257. The van der Waals surface area contributed by atoms with Gasteiger partial charge in [-0.1, -0.05) is 13.3 Å². The van der Waals surface area contributed by atoms with Crippen molar-refractivity contribution in [1.29, 1.82) is 0 Å². The van der Waals surface area contributed by atoms with E-state index < -0.39 is 0 Å². The first-order chi connectivity index (χ1) is 7.11. The van der Waals surface area contributed by atoms with Gasteiger partial charge in [-0.2, -0.15) is 0 Å². The average Bonchev–Trinajstić information content (AvgIpc) is 2.20. The molecule has 0 aliphatic rings. The zero-order valence-corrected chi connectivity index (χ0v) is 9.29. The maximum Gasteiger partial charge on any atom is 0.224 e. The minimum absolute atomic E-state index is 0.0242. The summed E-state index contributed by atoms with van der Waals surface area (Å²) in [7, 11) is 0. The fourth-order valence-electron chi connectivity index (χ4n) is 1.32. The summed E-state index contributed by atoms with van der Waals surface area (Å²) in [4.78, 5) is 21.9. The number of amides is 2. The molecule has 15 heavy (non-hydrogen) atoms. The predicted molar refractivity (Wildman–Crippen MR) is 58.9 cm³/mol. The zero-order chi connectivity index (χ0) is 11.7. The van der Waals surface area contributed by atoms with Gasteiger partial charge < -0.3 is 16.8 Å². The molecular formula is C10H21N3O2. The quantitative estimate of drug-likeness (QED) is 0.487. The SMILES string of the molecule is CCCC(CN)C(=O)NCCCC(N)=O. The van der Waals surface area contributed by atoms with Crippen LogP contribution in [0.25, 0.3) is 0 Å². The molecule has 0 saturated carbocycles. The second-order valence-corrected chi connectivity index (χ2v) is 3.58. The zero-order valence-electron chi connectivity index (χ0n) is 9.29. The number of nitrogens with one attached hydrogen (secondary N) is 1. The lowest BCUT2D eigenvalue weighted by Gasteiger charge is -2.13. The van der Waals surface area contributed by atoms with E-state index in [4.69, 9.17) is 11.5 Å². The minimum atomic E-state index is -0.340. The smallest absolute Gasteiger partial charge is 0.224 e. The first kappa shape index (κ1) is 13.9. The lowest BCUT2D eigenvalue weighted by Crippen LogP contribution is -2.35. The number of nitrogens with two attached hydrogens (primary N) is 2. The van der Waals surface area contributed by atoms with Gasteiger partial charge in [0.15, 0.2) is 0 Å². The molecule has 0 rings (SSSR count). The molecule has 0 aromatic carbocycles. The standard InChI is InChI=1S/C10H21N3O2/c1-2-4-8(7-11)10(15)13-6-3-5-9(12)14/h8H,2-7,11H2,1H3,(H2,12,14)(H,13,15). The van der Waals surface area contributed by atoms with Gasteiger partial charge in [0.2, 0.25) is 11.8 Å². The van der Waals surface area contributed by atoms with Gasteiger partial charge in [-0.05, 0) is 12.8 Å². The first-order valence-corrected chi connectivity index (χ1v) is 5.37. The summed E-state index contributed by atoms with van der Waals surface area (Å²) < 4.78 is 0. The molecule has 0 fully saturated rings. The van der Waals surface area contributed by atoms with Crippen LogP contribution in [-0.4, -0.2) is 24.9 Å². The largest absolute Gasteiger partial charge is 0.370 e. The highest BCUT2D eigenvalue weighted by Gasteiger charge is 2.14. The lowest BCUT2D eigenvalue weighted by molar-refractivity contribution is -0.125.